The number of carbonyl (C=O) groups is 1. The van der Waals surface area contributed by atoms with E-state index in [0.29, 0.717) is 11.5 Å². The van der Waals surface area contributed by atoms with Gasteiger partial charge in [-0.1, -0.05) is 32.6 Å². The number of carbonyl (C=O) groups excluding carboxylic acids is 1. The van der Waals surface area contributed by atoms with Crippen LogP contribution in [0.1, 0.15) is 36.2 Å². The Kier molecular flexibility index (Phi) is 4.74. The summed E-state index contributed by atoms with van der Waals surface area (Å²) in [6.07, 6.45) is 1.01. The van der Waals surface area contributed by atoms with Gasteiger partial charge in [0.1, 0.15) is 0 Å². The highest BCUT2D eigenvalue weighted by Gasteiger charge is 2.11. The molecule has 90 valence electrons. The first-order valence-corrected chi connectivity index (χ1v) is 5.72. The van der Waals surface area contributed by atoms with E-state index in [0.717, 1.165) is 17.6 Å². The monoisotopic (exact) mass is 230 g/mol. The number of rotatable bonds is 4. The molecule has 0 aliphatic carbocycles. The summed E-state index contributed by atoms with van der Waals surface area (Å²) in [6.45, 7) is 7.96. The molecule has 0 amide bonds. The molecule has 0 aliphatic heterocycles. The van der Waals surface area contributed by atoms with Crippen molar-refractivity contribution in [3.05, 3.63) is 47.7 Å². The van der Waals surface area contributed by atoms with E-state index in [2.05, 4.69) is 26.2 Å². The second kappa shape index (κ2) is 6.07. The third kappa shape index (κ3) is 3.08. The van der Waals surface area contributed by atoms with Crippen LogP contribution >= 0.6 is 0 Å². The van der Waals surface area contributed by atoms with Crippen LogP contribution in [-0.4, -0.2) is 13.1 Å². The zero-order valence-corrected chi connectivity index (χ0v) is 10.6. The van der Waals surface area contributed by atoms with Crippen molar-refractivity contribution in [2.45, 2.75) is 20.3 Å². The van der Waals surface area contributed by atoms with Gasteiger partial charge in [0.15, 0.2) is 0 Å². The number of benzene rings is 1. The molecule has 0 N–H and O–H groups in total. The molecular formula is C15H18O2. The van der Waals surface area contributed by atoms with Crippen molar-refractivity contribution in [1.82, 2.24) is 0 Å². The minimum Gasteiger partial charge on any atom is -0.465 e. The van der Waals surface area contributed by atoms with Crippen molar-refractivity contribution in [3.63, 3.8) is 0 Å². The van der Waals surface area contributed by atoms with Crippen molar-refractivity contribution >= 4 is 11.5 Å². The van der Waals surface area contributed by atoms with Gasteiger partial charge in [-0.3, -0.25) is 0 Å². The summed E-state index contributed by atoms with van der Waals surface area (Å²) in [6, 6.07) is 7.38. The molecule has 2 heteroatoms. The van der Waals surface area contributed by atoms with Gasteiger partial charge in [-0.05, 0) is 30.0 Å². The highest BCUT2D eigenvalue weighted by atomic mass is 16.5. The normalized spacial score (nSPS) is 11.5. The number of allylic oxidation sites excluding steroid dienone is 1. The van der Waals surface area contributed by atoms with E-state index >= 15 is 0 Å². The SMILES string of the molecule is C=C=C(c1cccc(C(=O)OC)c1)C(C)CC. The maximum absolute atomic E-state index is 11.4. The van der Waals surface area contributed by atoms with Crippen molar-refractivity contribution in [3.8, 4) is 0 Å². The van der Waals surface area contributed by atoms with Crippen LogP contribution in [0.5, 0.6) is 0 Å². The Labute approximate surface area is 103 Å². The Morgan fingerprint density at radius 3 is 2.65 bits per heavy atom. The van der Waals surface area contributed by atoms with Gasteiger partial charge in [-0.15, -0.1) is 5.73 Å². The first kappa shape index (κ1) is 13.3. The van der Waals surface area contributed by atoms with Gasteiger partial charge in [0, 0.05) is 5.57 Å². The van der Waals surface area contributed by atoms with Crippen LogP contribution in [0, 0.1) is 5.92 Å². The average molecular weight is 230 g/mol. The maximum atomic E-state index is 11.4. The van der Waals surface area contributed by atoms with Crippen LogP contribution in [-0.2, 0) is 4.74 Å². The molecule has 1 aromatic rings. The Bertz CT molecular complexity index is 454. The minimum absolute atomic E-state index is 0.320. The summed E-state index contributed by atoms with van der Waals surface area (Å²) in [5, 5.41) is 0. The van der Waals surface area contributed by atoms with Crippen LogP contribution < -0.4 is 0 Å². The molecule has 0 radical (unpaired) electrons. The van der Waals surface area contributed by atoms with Crippen LogP contribution in [0.2, 0.25) is 0 Å². The van der Waals surface area contributed by atoms with E-state index in [4.69, 9.17) is 4.74 Å². The van der Waals surface area contributed by atoms with Crippen molar-refractivity contribution < 1.29 is 9.53 Å². The van der Waals surface area contributed by atoms with Crippen LogP contribution in [0.3, 0.4) is 0 Å². The molecule has 0 fully saturated rings. The van der Waals surface area contributed by atoms with E-state index < -0.39 is 0 Å². The third-order valence-corrected chi connectivity index (χ3v) is 2.89. The van der Waals surface area contributed by atoms with Gasteiger partial charge in [0.25, 0.3) is 0 Å². The molecule has 17 heavy (non-hydrogen) atoms. The maximum Gasteiger partial charge on any atom is 0.337 e. The van der Waals surface area contributed by atoms with Crippen LogP contribution in [0.25, 0.3) is 5.57 Å². The smallest absolute Gasteiger partial charge is 0.337 e. The Hall–Kier alpha value is -1.79. The number of hydrogen-bond donors (Lipinski definition) is 0. The summed E-state index contributed by atoms with van der Waals surface area (Å²) < 4.78 is 4.71. The Morgan fingerprint density at radius 2 is 2.12 bits per heavy atom. The highest BCUT2D eigenvalue weighted by Crippen LogP contribution is 2.25. The topological polar surface area (TPSA) is 26.3 Å². The van der Waals surface area contributed by atoms with Gasteiger partial charge < -0.3 is 4.74 Å². The summed E-state index contributed by atoms with van der Waals surface area (Å²) in [5.74, 6) is 0.0554. The lowest BCUT2D eigenvalue weighted by Gasteiger charge is -2.12. The predicted molar refractivity (Wildman–Crippen MR) is 69.8 cm³/mol. The lowest BCUT2D eigenvalue weighted by atomic mass is 9.92. The first-order chi connectivity index (χ1) is 8.13. The zero-order valence-electron chi connectivity index (χ0n) is 10.6. The van der Waals surface area contributed by atoms with E-state index in [1.165, 1.54) is 7.11 Å². The molecule has 1 aromatic carbocycles. The average Bonchev–Trinajstić information content (AvgIpc) is 2.38. The zero-order chi connectivity index (χ0) is 12.8. The molecule has 0 heterocycles. The number of esters is 1. The minimum atomic E-state index is -0.320. The molecule has 0 saturated heterocycles. The van der Waals surface area contributed by atoms with E-state index in [1.54, 1.807) is 6.07 Å². The lowest BCUT2D eigenvalue weighted by Crippen LogP contribution is -2.03. The fourth-order valence-electron chi connectivity index (χ4n) is 1.70. The molecule has 2 nitrogen and oxygen atoms in total. The molecule has 1 rings (SSSR count). The summed E-state index contributed by atoms with van der Waals surface area (Å²) in [7, 11) is 1.38. The van der Waals surface area contributed by atoms with Gasteiger partial charge in [0.2, 0.25) is 0 Å². The molecule has 0 saturated carbocycles. The molecule has 0 bridgehead atoms. The number of ether oxygens (including phenoxy) is 1. The molecule has 0 aliphatic rings. The quantitative estimate of drug-likeness (QED) is 0.582. The largest absolute Gasteiger partial charge is 0.465 e. The summed E-state index contributed by atoms with van der Waals surface area (Å²) in [4.78, 5) is 11.4. The second-order valence-corrected chi connectivity index (χ2v) is 3.97. The molecule has 0 spiro atoms. The molecule has 1 unspecified atom stereocenters. The van der Waals surface area contributed by atoms with Crippen LogP contribution in [0.4, 0.5) is 0 Å². The van der Waals surface area contributed by atoms with E-state index in [1.807, 2.05) is 18.2 Å². The lowest BCUT2D eigenvalue weighted by molar-refractivity contribution is 0.0600. The predicted octanol–water partition coefficient (Wildman–Crippen LogP) is 3.69. The summed E-state index contributed by atoms with van der Waals surface area (Å²) >= 11 is 0. The fraction of sp³-hybridized carbons (Fsp3) is 0.333. The van der Waals surface area contributed by atoms with E-state index in [-0.39, 0.29) is 5.97 Å². The second-order valence-electron chi connectivity index (χ2n) is 3.97. The van der Waals surface area contributed by atoms with Gasteiger partial charge >= 0.3 is 5.97 Å². The Balaban J connectivity index is 3.15. The highest BCUT2D eigenvalue weighted by molar-refractivity contribution is 5.90. The van der Waals surface area contributed by atoms with Gasteiger partial charge in [-0.2, -0.15) is 0 Å². The number of hydrogen-bond acceptors (Lipinski definition) is 2. The number of methoxy groups -OCH3 is 1. The fourth-order valence-corrected chi connectivity index (χ4v) is 1.70. The van der Waals surface area contributed by atoms with Crippen LogP contribution in [0.15, 0.2) is 36.6 Å². The van der Waals surface area contributed by atoms with Crippen molar-refractivity contribution in [2.75, 3.05) is 7.11 Å². The first-order valence-electron chi connectivity index (χ1n) is 5.72. The van der Waals surface area contributed by atoms with E-state index in [9.17, 15) is 4.79 Å². The van der Waals surface area contributed by atoms with Crippen molar-refractivity contribution in [1.29, 1.82) is 0 Å². The van der Waals surface area contributed by atoms with Gasteiger partial charge in [0.05, 0.1) is 12.7 Å². The summed E-state index contributed by atoms with van der Waals surface area (Å²) in [5.41, 5.74) is 5.55. The molecule has 0 aromatic heterocycles. The van der Waals surface area contributed by atoms with Gasteiger partial charge in [-0.25, -0.2) is 4.79 Å². The Morgan fingerprint density at radius 1 is 1.47 bits per heavy atom. The molecular weight excluding hydrogens is 212 g/mol. The molecule has 1 atom stereocenters. The van der Waals surface area contributed by atoms with Crippen molar-refractivity contribution in [2.24, 2.45) is 5.92 Å². The third-order valence-electron chi connectivity index (χ3n) is 2.89. The standard InChI is InChI=1S/C15H18O2/c1-5-11(3)14(6-2)12-8-7-9-13(10-12)15(16)17-4/h7-11H,2,5H2,1,3-4H3.